The maximum atomic E-state index is 5.45. The number of nitrogens with zero attached hydrogens (tertiary/aromatic N) is 3. The molecule has 0 spiro atoms. The van der Waals surface area contributed by atoms with Crippen molar-refractivity contribution < 1.29 is 4.52 Å². The molecule has 1 unspecified atom stereocenters. The van der Waals surface area contributed by atoms with Crippen LogP contribution in [0.3, 0.4) is 0 Å². The van der Waals surface area contributed by atoms with Crippen LogP contribution in [0.5, 0.6) is 0 Å². The smallest absolute Gasteiger partial charge is 0.265 e. The third-order valence-electron chi connectivity index (χ3n) is 1.61. The molecular weight excluding hydrogens is 156 g/mol. The van der Waals surface area contributed by atoms with Crippen molar-refractivity contribution in [1.29, 1.82) is 0 Å². The molecule has 0 aliphatic carbocycles. The van der Waals surface area contributed by atoms with Crippen LogP contribution in [0.2, 0.25) is 0 Å². The van der Waals surface area contributed by atoms with E-state index in [0.29, 0.717) is 18.4 Å². The second-order valence-electron chi connectivity index (χ2n) is 2.96. The Labute approximate surface area is 71.5 Å². The van der Waals surface area contributed by atoms with Gasteiger partial charge < -0.3 is 15.2 Å². The molecule has 0 aliphatic rings. The zero-order chi connectivity index (χ0) is 9.14. The van der Waals surface area contributed by atoms with Crippen LogP contribution in [0.1, 0.15) is 18.7 Å². The lowest BCUT2D eigenvalue weighted by Crippen LogP contribution is -2.12. The summed E-state index contributed by atoms with van der Waals surface area (Å²) in [6.07, 6.45) is 0. The Bertz CT molecular complexity index is 245. The Morgan fingerprint density at radius 1 is 1.58 bits per heavy atom. The summed E-state index contributed by atoms with van der Waals surface area (Å²) < 4.78 is 5.00. The number of hydrogen-bond acceptors (Lipinski definition) is 5. The Morgan fingerprint density at radius 2 is 2.25 bits per heavy atom. The molecule has 0 radical (unpaired) electrons. The topological polar surface area (TPSA) is 68.2 Å². The second-order valence-corrected chi connectivity index (χ2v) is 2.96. The van der Waals surface area contributed by atoms with E-state index in [1.54, 1.807) is 4.90 Å². The van der Waals surface area contributed by atoms with Crippen LogP contribution in [-0.4, -0.2) is 30.8 Å². The van der Waals surface area contributed by atoms with E-state index in [9.17, 15) is 0 Å². The highest BCUT2D eigenvalue weighted by atomic mass is 16.5. The van der Waals surface area contributed by atoms with Crippen LogP contribution in [0, 0.1) is 0 Å². The molecule has 0 saturated carbocycles. The van der Waals surface area contributed by atoms with Crippen molar-refractivity contribution in [1.82, 2.24) is 10.1 Å². The SMILES string of the molecule is CC(CN)c1nc(N(C)C)no1. The molecule has 1 rings (SSSR count). The number of aromatic nitrogens is 2. The minimum atomic E-state index is 0.131. The van der Waals surface area contributed by atoms with Crippen LogP contribution in [0.4, 0.5) is 5.95 Å². The highest BCUT2D eigenvalue weighted by molar-refractivity contribution is 5.24. The van der Waals surface area contributed by atoms with Gasteiger partial charge >= 0.3 is 0 Å². The Kier molecular flexibility index (Phi) is 2.65. The summed E-state index contributed by atoms with van der Waals surface area (Å²) in [5.74, 6) is 1.32. The first-order valence-electron chi connectivity index (χ1n) is 3.86. The largest absolute Gasteiger partial charge is 0.344 e. The summed E-state index contributed by atoms with van der Waals surface area (Å²) in [4.78, 5) is 5.94. The van der Waals surface area contributed by atoms with Gasteiger partial charge in [0.15, 0.2) is 0 Å². The summed E-state index contributed by atoms with van der Waals surface area (Å²) in [6, 6.07) is 0. The molecule has 0 aromatic carbocycles. The van der Waals surface area contributed by atoms with Crippen molar-refractivity contribution in [2.75, 3.05) is 25.5 Å². The highest BCUT2D eigenvalue weighted by Crippen LogP contribution is 2.13. The molecule has 5 heteroatoms. The van der Waals surface area contributed by atoms with Crippen LogP contribution < -0.4 is 10.6 Å². The van der Waals surface area contributed by atoms with E-state index in [-0.39, 0.29) is 5.92 Å². The van der Waals surface area contributed by atoms with Gasteiger partial charge in [-0.05, 0) is 5.16 Å². The van der Waals surface area contributed by atoms with Gasteiger partial charge in [-0.3, -0.25) is 0 Å². The molecule has 0 amide bonds. The third kappa shape index (κ3) is 1.73. The monoisotopic (exact) mass is 170 g/mol. The van der Waals surface area contributed by atoms with Gasteiger partial charge in [0.2, 0.25) is 5.89 Å². The Morgan fingerprint density at radius 3 is 2.67 bits per heavy atom. The number of nitrogens with two attached hydrogens (primary N) is 1. The lowest BCUT2D eigenvalue weighted by atomic mass is 10.2. The minimum Gasteiger partial charge on any atom is -0.344 e. The van der Waals surface area contributed by atoms with Gasteiger partial charge in [0.05, 0.1) is 0 Å². The van der Waals surface area contributed by atoms with E-state index in [4.69, 9.17) is 10.3 Å². The molecule has 1 aromatic heterocycles. The van der Waals surface area contributed by atoms with Crippen LogP contribution in [-0.2, 0) is 0 Å². The molecule has 68 valence electrons. The molecule has 0 saturated heterocycles. The van der Waals surface area contributed by atoms with Crippen molar-refractivity contribution in [3.05, 3.63) is 5.89 Å². The van der Waals surface area contributed by atoms with Gasteiger partial charge in [0, 0.05) is 26.6 Å². The predicted molar refractivity (Wildman–Crippen MR) is 46.1 cm³/mol. The average molecular weight is 170 g/mol. The van der Waals surface area contributed by atoms with Crippen LogP contribution in [0.25, 0.3) is 0 Å². The van der Waals surface area contributed by atoms with Crippen molar-refractivity contribution in [2.45, 2.75) is 12.8 Å². The summed E-state index contributed by atoms with van der Waals surface area (Å²) in [5, 5.41) is 3.77. The fraction of sp³-hybridized carbons (Fsp3) is 0.714. The molecule has 0 bridgehead atoms. The predicted octanol–water partition coefficient (Wildman–Crippen LogP) is 0.198. The Balaban J connectivity index is 2.77. The van der Waals surface area contributed by atoms with E-state index >= 15 is 0 Å². The molecular formula is C7H14N4O. The molecule has 2 N–H and O–H groups in total. The van der Waals surface area contributed by atoms with Gasteiger partial charge in [-0.1, -0.05) is 6.92 Å². The van der Waals surface area contributed by atoms with Gasteiger partial charge in [0.1, 0.15) is 0 Å². The minimum absolute atomic E-state index is 0.131. The molecule has 1 aromatic rings. The van der Waals surface area contributed by atoms with Gasteiger partial charge in [0.25, 0.3) is 5.95 Å². The first-order valence-corrected chi connectivity index (χ1v) is 3.86. The fourth-order valence-electron chi connectivity index (χ4n) is 0.710. The first kappa shape index (κ1) is 8.99. The van der Waals surface area contributed by atoms with Crippen molar-refractivity contribution in [2.24, 2.45) is 5.73 Å². The lowest BCUT2D eigenvalue weighted by Gasteiger charge is -2.03. The normalized spacial score (nSPS) is 13.0. The van der Waals surface area contributed by atoms with Gasteiger partial charge in [-0.15, -0.1) is 0 Å². The standard InChI is InChI=1S/C7H14N4O/c1-5(4-8)6-9-7(10-12-6)11(2)3/h5H,4,8H2,1-3H3. The van der Waals surface area contributed by atoms with E-state index in [1.807, 2.05) is 21.0 Å². The number of rotatable bonds is 3. The van der Waals surface area contributed by atoms with E-state index in [0.717, 1.165) is 0 Å². The van der Waals surface area contributed by atoms with Crippen molar-refractivity contribution in [3.63, 3.8) is 0 Å². The first-order chi connectivity index (χ1) is 5.65. The lowest BCUT2D eigenvalue weighted by molar-refractivity contribution is 0.360. The quantitative estimate of drug-likeness (QED) is 0.701. The zero-order valence-electron chi connectivity index (χ0n) is 7.61. The molecule has 0 fully saturated rings. The summed E-state index contributed by atoms with van der Waals surface area (Å²) in [6.45, 7) is 2.47. The number of anilines is 1. The maximum Gasteiger partial charge on any atom is 0.265 e. The van der Waals surface area contributed by atoms with Gasteiger partial charge in [-0.25, -0.2) is 0 Å². The van der Waals surface area contributed by atoms with Gasteiger partial charge in [-0.2, -0.15) is 4.98 Å². The summed E-state index contributed by atoms with van der Waals surface area (Å²) in [7, 11) is 3.73. The van der Waals surface area contributed by atoms with E-state index < -0.39 is 0 Å². The van der Waals surface area contributed by atoms with Crippen LogP contribution in [0.15, 0.2) is 4.52 Å². The molecule has 1 atom stereocenters. The zero-order valence-corrected chi connectivity index (χ0v) is 7.61. The van der Waals surface area contributed by atoms with Crippen LogP contribution >= 0.6 is 0 Å². The Hall–Kier alpha value is -1.10. The summed E-state index contributed by atoms with van der Waals surface area (Å²) in [5.41, 5.74) is 5.45. The second kappa shape index (κ2) is 3.53. The molecule has 12 heavy (non-hydrogen) atoms. The highest BCUT2D eigenvalue weighted by Gasteiger charge is 2.12. The molecule has 1 heterocycles. The maximum absolute atomic E-state index is 5.45. The number of hydrogen-bond donors (Lipinski definition) is 1. The van der Waals surface area contributed by atoms with E-state index in [2.05, 4.69) is 10.1 Å². The van der Waals surface area contributed by atoms with E-state index in [1.165, 1.54) is 0 Å². The molecule has 5 nitrogen and oxygen atoms in total. The van der Waals surface area contributed by atoms with Crippen molar-refractivity contribution >= 4 is 5.95 Å². The third-order valence-corrected chi connectivity index (χ3v) is 1.61. The average Bonchev–Trinajstić information content (AvgIpc) is 2.51. The van der Waals surface area contributed by atoms with Crippen molar-refractivity contribution in [3.8, 4) is 0 Å². The molecule has 0 aliphatic heterocycles. The fourth-order valence-corrected chi connectivity index (χ4v) is 0.710. The summed E-state index contributed by atoms with van der Waals surface area (Å²) >= 11 is 0.